The largest absolute Gasteiger partial charge is 0.481 e. The van der Waals surface area contributed by atoms with Crippen LogP contribution in [0.4, 0.5) is 0 Å². The van der Waals surface area contributed by atoms with E-state index in [9.17, 15) is 14.1 Å². The SMILES string of the molecule is CC1=CC(=S=O)C(C=C2C(C)=C(CC(=O)O)c3ccc(S)cc32)C=C1. The molecular formula is C20H18O3S2. The van der Waals surface area contributed by atoms with Crippen LogP contribution >= 0.6 is 12.6 Å². The highest BCUT2D eigenvalue weighted by molar-refractivity contribution is 7.80. The maximum absolute atomic E-state index is 11.5. The minimum atomic E-state index is -0.852. The number of thiol groups is 1. The zero-order valence-electron chi connectivity index (χ0n) is 13.9. The van der Waals surface area contributed by atoms with Crippen molar-refractivity contribution >= 4 is 45.9 Å². The number of hydrogen-bond acceptors (Lipinski definition) is 3. The van der Waals surface area contributed by atoms with Crippen LogP contribution < -0.4 is 0 Å². The van der Waals surface area contributed by atoms with E-state index in [0.29, 0.717) is 11.3 Å². The molecule has 3 nitrogen and oxygen atoms in total. The molecule has 0 spiro atoms. The number of carbonyl (C=O) groups is 1. The van der Waals surface area contributed by atoms with E-state index in [2.05, 4.69) is 18.7 Å². The third-order valence-electron chi connectivity index (χ3n) is 4.51. The summed E-state index contributed by atoms with van der Waals surface area (Å²) in [6.45, 7) is 3.91. The van der Waals surface area contributed by atoms with Crippen LogP contribution in [0.1, 0.15) is 31.4 Å². The van der Waals surface area contributed by atoms with E-state index in [-0.39, 0.29) is 12.3 Å². The highest BCUT2D eigenvalue weighted by Crippen LogP contribution is 2.44. The fourth-order valence-electron chi connectivity index (χ4n) is 3.29. The summed E-state index contributed by atoms with van der Waals surface area (Å²) >= 11 is 4.93. The molecule has 0 aliphatic heterocycles. The highest BCUT2D eigenvalue weighted by atomic mass is 32.1. The Labute approximate surface area is 155 Å². The second-order valence-electron chi connectivity index (χ2n) is 6.24. The molecule has 1 atom stereocenters. The van der Waals surface area contributed by atoms with Crippen molar-refractivity contribution in [3.05, 3.63) is 64.8 Å². The van der Waals surface area contributed by atoms with Gasteiger partial charge in [-0.1, -0.05) is 29.9 Å². The normalized spacial score (nSPS) is 20.8. The molecule has 1 unspecified atom stereocenters. The summed E-state index contributed by atoms with van der Waals surface area (Å²) < 4.78 is 11.5. The first-order chi connectivity index (χ1) is 11.9. The molecule has 0 saturated carbocycles. The molecule has 1 N–H and O–H groups in total. The first-order valence-electron chi connectivity index (χ1n) is 7.91. The Morgan fingerprint density at radius 1 is 1.32 bits per heavy atom. The maximum atomic E-state index is 11.5. The molecule has 0 saturated heterocycles. The van der Waals surface area contributed by atoms with Gasteiger partial charge in [-0.2, -0.15) is 0 Å². The van der Waals surface area contributed by atoms with Crippen LogP contribution in [0.3, 0.4) is 0 Å². The average Bonchev–Trinajstić information content (AvgIpc) is 2.81. The summed E-state index contributed by atoms with van der Waals surface area (Å²) in [5.74, 6) is -0.952. The smallest absolute Gasteiger partial charge is 0.307 e. The van der Waals surface area contributed by atoms with E-state index in [0.717, 1.165) is 43.2 Å². The summed E-state index contributed by atoms with van der Waals surface area (Å²) in [6, 6.07) is 5.76. The summed E-state index contributed by atoms with van der Waals surface area (Å²) in [6.07, 6.45) is 7.95. The molecule has 5 heteroatoms. The summed E-state index contributed by atoms with van der Waals surface area (Å²) in [7, 11) is 0. The van der Waals surface area contributed by atoms with Crippen molar-refractivity contribution in [2.45, 2.75) is 25.2 Å². The third kappa shape index (κ3) is 3.48. The fraction of sp³-hybridized carbons (Fsp3) is 0.200. The summed E-state index contributed by atoms with van der Waals surface area (Å²) in [5.41, 5.74) is 5.73. The van der Waals surface area contributed by atoms with E-state index < -0.39 is 5.97 Å². The van der Waals surface area contributed by atoms with E-state index in [1.54, 1.807) is 0 Å². The molecule has 1 aromatic carbocycles. The fourth-order valence-corrected chi connectivity index (χ4v) is 3.99. The highest BCUT2D eigenvalue weighted by Gasteiger charge is 2.26. The number of aliphatic carboxylic acids is 1. The Morgan fingerprint density at radius 2 is 2.08 bits per heavy atom. The predicted molar refractivity (Wildman–Crippen MR) is 106 cm³/mol. The minimum Gasteiger partial charge on any atom is -0.481 e. The number of carboxylic acid groups (broad SMARTS) is 1. The minimum absolute atomic E-state index is 0.0194. The molecule has 0 heterocycles. The van der Waals surface area contributed by atoms with Crippen molar-refractivity contribution in [2.24, 2.45) is 5.92 Å². The Balaban J connectivity index is 2.14. The zero-order chi connectivity index (χ0) is 18.1. The molecule has 0 bridgehead atoms. The second-order valence-corrected chi connectivity index (χ2v) is 7.40. The second kappa shape index (κ2) is 7.02. The van der Waals surface area contributed by atoms with Gasteiger partial charge < -0.3 is 5.11 Å². The lowest BCUT2D eigenvalue weighted by Crippen LogP contribution is -2.11. The quantitative estimate of drug-likeness (QED) is 0.621. The number of allylic oxidation sites excluding steroid dienone is 7. The van der Waals surface area contributed by atoms with Crippen LogP contribution in [0.2, 0.25) is 0 Å². The summed E-state index contributed by atoms with van der Waals surface area (Å²) in [4.78, 5) is 12.8. The van der Waals surface area contributed by atoms with Crippen LogP contribution in [0.5, 0.6) is 0 Å². The van der Waals surface area contributed by atoms with Gasteiger partial charge in [-0.25, -0.2) is 4.21 Å². The van der Waals surface area contributed by atoms with Crippen molar-refractivity contribution in [3.8, 4) is 0 Å². The average molecular weight is 370 g/mol. The molecule has 3 rings (SSSR count). The van der Waals surface area contributed by atoms with Gasteiger partial charge >= 0.3 is 5.97 Å². The van der Waals surface area contributed by atoms with Crippen LogP contribution in [-0.4, -0.2) is 20.1 Å². The molecule has 0 fully saturated rings. The molecule has 2 aliphatic carbocycles. The van der Waals surface area contributed by atoms with Gasteiger partial charge in [0, 0.05) is 10.8 Å². The van der Waals surface area contributed by atoms with E-state index in [1.807, 2.05) is 50.3 Å². The molecule has 1 aromatic rings. The Bertz CT molecular complexity index is 942. The third-order valence-corrected chi connectivity index (χ3v) is 5.37. The zero-order valence-corrected chi connectivity index (χ0v) is 15.7. The molecule has 0 amide bonds. The Morgan fingerprint density at radius 3 is 2.76 bits per heavy atom. The lowest BCUT2D eigenvalue weighted by molar-refractivity contribution is -0.135. The van der Waals surface area contributed by atoms with Crippen LogP contribution in [0, 0.1) is 5.92 Å². The van der Waals surface area contributed by atoms with Gasteiger partial charge in [0.05, 0.1) is 22.5 Å². The van der Waals surface area contributed by atoms with Gasteiger partial charge in [0.2, 0.25) is 0 Å². The van der Waals surface area contributed by atoms with E-state index >= 15 is 0 Å². The number of rotatable bonds is 3. The van der Waals surface area contributed by atoms with Crippen molar-refractivity contribution < 1.29 is 14.1 Å². The Kier molecular flexibility index (Phi) is 4.97. The van der Waals surface area contributed by atoms with Crippen LogP contribution in [0.15, 0.2) is 58.5 Å². The van der Waals surface area contributed by atoms with Crippen molar-refractivity contribution in [3.63, 3.8) is 0 Å². The molecule has 2 aliphatic rings. The first kappa shape index (κ1) is 17.7. The van der Waals surface area contributed by atoms with Crippen molar-refractivity contribution in [2.75, 3.05) is 0 Å². The monoisotopic (exact) mass is 370 g/mol. The van der Waals surface area contributed by atoms with Gasteiger partial charge in [-0.3, -0.25) is 4.79 Å². The molecule has 0 aromatic heterocycles. The summed E-state index contributed by atoms with van der Waals surface area (Å²) in [5, 5.41) is 9.25. The van der Waals surface area contributed by atoms with Gasteiger partial charge in [0.15, 0.2) is 0 Å². The number of hydrogen-bond donors (Lipinski definition) is 2. The standard InChI is InChI=1S/C20H18O3S2/c1-11-3-4-13(19(7-11)25-23)8-16-12(2)17(10-20(21)22)15-6-5-14(24)9-18(15)16/h3-9,13,24H,10H2,1-2H3,(H,21,22). The lowest BCUT2D eigenvalue weighted by atomic mass is 9.92. The lowest BCUT2D eigenvalue weighted by Gasteiger charge is -2.14. The predicted octanol–water partition coefficient (Wildman–Crippen LogP) is 4.14. The van der Waals surface area contributed by atoms with E-state index in [1.165, 1.54) is 0 Å². The topological polar surface area (TPSA) is 54.4 Å². The van der Waals surface area contributed by atoms with Crippen molar-refractivity contribution in [1.29, 1.82) is 0 Å². The van der Waals surface area contributed by atoms with Crippen molar-refractivity contribution in [1.82, 2.24) is 0 Å². The molecular weight excluding hydrogens is 352 g/mol. The first-order valence-corrected chi connectivity index (χ1v) is 9.10. The van der Waals surface area contributed by atoms with Gasteiger partial charge in [-0.05, 0) is 59.9 Å². The van der Waals surface area contributed by atoms with Gasteiger partial charge in [0.1, 0.15) is 0 Å². The maximum Gasteiger partial charge on any atom is 0.307 e. The number of fused-ring (bicyclic) bond motifs is 1. The molecule has 128 valence electrons. The number of carboxylic acids is 1. The van der Waals surface area contributed by atoms with Crippen LogP contribution in [-0.2, 0) is 16.1 Å². The number of benzene rings is 1. The van der Waals surface area contributed by atoms with Crippen LogP contribution in [0.25, 0.3) is 11.1 Å². The van der Waals surface area contributed by atoms with Gasteiger partial charge in [-0.15, -0.1) is 12.6 Å². The molecule has 25 heavy (non-hydrogen) atoms. The molecule has 0 radical (unpaired) electrons. The Hall–Kier alpha value is -2.11. The van der Waals surface area contributed by atoms with E-state index in [4.69, 9.17) is 0 Å². The van der Waals surface area contributed by atoms with Gasteiger partial charge in [0.25, 0.3) is 0 Å².